The third kappa shape index (κ3) is 10.2. The van der Waals surface area contributed by atoms with Crippen molar-refractivity contribution in [2.75, 3.05) is 6.61 Å². The SMILES string of the molecule is CCOC(=O)Cc1ccccc1OCc1cc(-c2cccc(CNC(=O)OC(C)(C)C)c2)c2oc(C(C)N[S+]([O-])C(C)(C)C)cc2c1. The molecule has 2 N–H and O–H groups in total. The van der Waals surface area contributed by atoms with Gasteiger partial charge in [0.25, 0.3) is 0 Å². The predicted octanol–water partition coefficient (Wildman–Crippen LogP) is 7.92. The molecule has 4 rings (SSSR count). The molecule has 1 heterocycles. The molecule has 0 fully saturated rings. The topological polar surface area (TPSA) is 122 Å². The Bertz CT molecular complexity index is 1690. The molecule has 0 saturated carbocycles. The summed E-state index contributed by atoms with van der Waals surface area (Å²) >= 11 is -1.29. The third-order valence-corrected chi connectivity index (χ3v) is 8.72. The fourth-order valence-corrected chi connectivity index (χ4v) is 5.59. The molecule has 2 unspecified atom stereocenters. The van der Waals surface area contributed by atoms with Gasteiger partial charge in [0.15, 0.2) is 0 Å². The minimum absolute atomic E-state index is 0.115. The Morgan fingerprint density at radius 1 is 0.957 bits per heavy atom. The Kier molecular flexibility index (Phi) is 11.7. The number of ether oxygens (including phenoxy) is 3. The number of benzene rings is 3. The monoisotopic (exact) mass is 662 g/mol. The fraction of sp³-hybridized carbons (Fsp3) is 0.405. The van der Waals surface area contributed by atoms with Crippen molar-refractivity contribution >= 4 is 34.4 Å². The molecule has 0 aliphatic heterocycles. The maximum atomic E-state index is 12.9. The van der Waals surface area contributed by atoms with Gasteiger partial charge in [-0.1, -0.05) is 36.4 Å². The number of hydrogen-bond donors (Lipinski definition) is 2. The zero-order valence-electron chi connectivity index (χ0n) is 28.5. The highest BCUT2D eigenvalue weighted by molar-refractivity contribution is 7.90. The normalized spacial score (nSPS) is 13.2. The smallest absolute Gasteiger partial charge is 0.407 e. The van der Waals surface area contributed by atoms with Crippen LogP contribution >= 0.6 is 0 Å². The van der Waals surface area contributed by atoms with Crippen LogP contribution in [0.25, 0.3) is 22.1 Å². The minimum atomic E-state index is -1.29. The average Bonchev–Trinajstić information content (AvgIpc) is 3.43. The van der Waals surface area contributed by atoms with Crippen molar-refractivity contribution in [1.29, 1.82) is 0 Å². The fourth-order valence-electron chi connectivity index (χ4n) is 4.80. The summed E-state index contributed by atoms with van der Waals surface area (Å²) in [6.07, 6.45) is -0.373. The van der Waals surface area contributed by atoms with E-state index in [-0.39, 0.29) is 31.6 Å². The van der Waals surface area contributed by atoms with E-state index in [2.05, 4.69) is 10.0 Å². The number of nitrogens with one attached hydrogen (secondary N) is 2. The van der Waals surface area contributed by atoms with Crippen LogP contribution in [-0.2, 0) is 45.2 Å². The van der Waals surface area contributed by atoms with Crippen molar-refractivity contribution in [3.05, 3.63) is 89.2 Å². The zero-order valence-corrected chi connectivity index (χ0v) is 29.3. The minimum Gasteiger partial charge on any atom is -0.598 e. The Morgan fingerprint density at radius 2 is 1.70 bits per heavy atom. The van der Waals surface area contributed by atoms with Crippen LogP contribution in [-0.4, -0.2) is 33.6 Å². The summed E-state index contributed by atoms with van der Waals surface area (Å²) < 4.78 is 38.8. The molecule has 0 bridgehead atoms. The van der Waals surface area contributed by atoms with Gasteiger partial charge in [-0.25, -0.2) is 4.79 Å². The molecule has 0 aliphatic rings. The molecule has 10 heteroatoms. The van der Waals surface area contributed by atoms with Crippen molar-refractivity contribution < 1.29 is 32.8 Å². The van der Waals surface area contributed by atoms with Gasteiger partial charge < -0.3 is 28.5 Å². The molecule has 0 spiro atoms. The van der Waals surface area contributed by atoms with Crippen LogP contribution in [0.5, 0.6) is 5.75 Å². The van der Waals surface area contributed by atoms with Crippen LogP contribution < -0.4 is 14.8 Å². The summed E-state index contributed by atoms with van der Waals surface area (Å²) in [5, 5.41) is 3.69. The van der Waals surface area contributed by atoms with Crippen LogP contribution in [0.15, 0.2) is 71.1 Å². The summed E-state index contributed by atoms with van der Waals surface area (Å²) in [5.41, 5.74) is 4.34. The van der Waals surface area contributed by atoms with Gasteiger partial charge >= 0.3 is 12.1 Å². The molecule has 3 aromatic carbocycles. The first-order valence-electron chi connectivity index (χ1n) is 15.8. The molecule has 1 aromatic heterocycles. The number of carbonyl (C=O) groups excluding carboxylic acids is 2. The third-order valence-electron chi connectivity index (χ3n) is 7.04. The molecule has 9 nitrogen and oxygen atoms in total. The van der Waals surface area contributed by atoms with Crippen molar-refractivity contribution in [3.63, 3.8) is 0 Å². The van der Waals surface area contributed by atoms with E-state index in [1.807, 2.05) is 115 Å². The molecule has 2 atom stereocenters. The summed E-state index contributed by atoms with van der Waals surface area (Å²) in [6, 6.07) is 21.0. The van der Waals surface area contributed by atoms with Gasteiger partial charge in [-0.2, -0.15) is 0 Å². The van der Waals surface area contributed by atoms with E-state index in [0.717, 1.165) is 33.2 Å². The lowest BCUT2D eigenvalue weighted by Crippen LogP contribution is -2.40. The molecule has 4 aromatic rings. The van der Waals surface area contributed by atoms with Gasteiger partial charge in [-0.05, 0) is 102 Å². The molecule has 0 saturated heterocycles. The number of esters is 1. The number of hydrogen-bond acceptors (Lipinski definition) is 8. The van der Waals surface area contributed by atoms with E-state index in [1.165, 1.54) is 0 Å². The van der Waals surface area contributed by atoms with Crippen LogP contribution in [0.4, 0.5) is 4.79 Å². The highest BCUT2D eigenvalue weighted by Crippen LogP contribution is 2.36. The number of alkyl carbamates (subject to hydrolysis) is 1. The molecule has 47 heavy (non-hydrogen) atoms. The maximum Gasteiger partial charge on any atom is 0.407 e. The van der Waals surface area contributed by atoms with Gasteiger partial charge in [0.1, 0.15) is 40.1 Å². The van der Waals surface area contributed by atoms with Crippen LogP contribution in [0.2, 0.25) is 0 Å². The zero-order chi connectivity index (χ0) is 34.4. The highest BCUT2D eigenvalue weighted by atomic mass is 32.2. The molecule has 0 aliphatic carbocycles. The first kappa shape index (κ1) is 35.9. The quantitative estimate of drug-likeness (QED) is 0.116. The predicted molar refractivity (Wildman–Crippen MR) is 185 cm³/mol. The van der Waals surface area contributed by atoms with Gasteiger partial charge in [-0.3, -0.25) is 4.79 Å². The summed E-state index contributed by atoms with van der Waals surface area (Å²) in [7, 11) is 0. The lowest BCUT2D eigenvalue weighted by Gasteiger charge is -2.25. The lowest BCUT2D eigenvalue weighted by molar-refractivity contribution is -0.142. The largest absolute Gasteiger partial charge is 0.598 e. The van der Waals surface area contributed by atoms with Gasteiger partial charge in [0.2, 0.25) is 0 Å². The maximum absolute atomic E-state index is 12.9. The molecule has 0 radical (unpaired) electrons. The Labute approximate surface area is 280 Å². The number of furan rings is 1. The van der Waals surface area contributed by atoms with Gasteiger partial charge in [0.05, 0.1) is 13.0 Å². The van der Waals surface area contributed by atoms with Crippen molar-refractivity contribution in [2.24, 2.45) is 0 Å². The number of fused-ring (bicyclic) bond motifs is 1. The van der Waals surface area contributed by atoms with Gasteiger partial charge in [-0.15, -0.1) is 4.72 Å². The summed E-state index contributed by atoms with van der Waals surface area (Å²) in [5.74, 6) is 0.946. The van der Waals surface area contributed by atoms with Crippen LogP contribution in [0.1, 0.15) is 83.9 Å². The van der Waals surface area contributed by atoms with Crippen LogP contribution in [0.3, 0.4) is 0 Å². The highest BCUT2D eigenvalue weighted by Gasteiger charge is 2.29. The van der Waals surface area contributed by atoms with Crippen molar-refractivity contribution in [3.8, 4) is 16.9 Å². The first-order valence-corrected chi connectivity index (χ1v) is 16.9. The second kappa shape index (κ2) is 15.3. The Balaban J connectivity index is 1.67. The van der Waals surface area contributed by atoms with E-state index >= 15 is 0 Å². The Morgan fingerprint density at radius 3 is 2.40 bits per heavy atom. The molecular formula is C37H46N2O7S. The standard InChI is InChI=1S/C37H46N2O7S/c1-9-43-33(40)21-28-14-10-11-16-31(28)44-23-26-18-29-20-32(24(2)39-47(42)37(6,7)8)45-34(29)30(19-26)27-15-12-13-25(17-27)22-38-35(41)46-36(3,4)5/h10-20,24,39H,9,21-23H2,1-8H3,(H,38,41). The van der Waals surface area contributed by atoms with E-state index in [0.29, 0.717) is 23.7 Å². The van der Waals surface area contributed by atoms with Crippen LogP contribution in [0, 0.1) is 0 Å². The van der Waals surface area contributed by atoms with Crippen molar-refractivity contribution in [1.82, 2.24) is 10.0 Å². The van der Waals surface area contributed by atoms with Gasteiger partial charge in [0, 0.05) is 34.4 Å². The van der Waals surface area contributed by atoms with E-state index in [9.17, 15) is 14.1 Å². The van der Waals surface area contributed by atoms with Crippen molar-refractivity contribution in [2.45, 2.75) is 91.4 Å². The number of amides is 1. The van der Waals surface area contributed by atoms with E-state index in [1.54, 1.807) is 6.92 Å². The van der Waals surface area contributed by atoms with E-state index < -0.39 is 27.8 Å². The molecule has 1 amide bonds. The number of rotatable bonds is 12. The second-order valence-corrected chi connectivity index (χ2v) is 15.4. The first-order chi connectivity index (χ1) is 22.1. The second-order valence-electron chi connectivity index (χ2n) is 13.4. The average molecular weight is 663 g/mol. The van der Waals surface area contributed by atoms with E-state index in [4.69, 9.17) is 18.6 Å². The molecular weight excluding hydrogens is 616 g/mol. The Hall–Kier alpha value is -3.99. The number of carbonyl (C=O) groups is 2. The summed E-state index contributed by atoms with van der Waals surface area (Å²) in [4.78, 5) is 24.5. The number of para-hydroxylation sites is 1. The molecule has 252 valence electrons. The lowest BCUT2D eigenvalue weighted by atomic mass is 9.98. The summed E-state index contributed by atoms with van der Waals surface area (Å²) in [6.45, 7) is 15.8.